The van der Waals surface area contributed by atoms with Crippen molar-refractivity contribution in [3.8, 4) is 6.07 Å². The van der Waals surface area contributed by atoms with E-state index in [1.54, 1.807) is 0 Å². The fourth-order valence-electron chi connectivity index (χ4n) is 3.54. The molecule has 94 valence electrons. The summed E-state index contributed by atoms with van der Waals surface area (Å²) < 4.78 is 30.5. The van der Waals surface area contributed by atoms with Crippen molar-refractivity contribution < 1.29 is 13.2 Å². The second-order valence-corrected chi connectivity index (χ2v) is 7.41. The number of hydrogen-bond donors (Lipinski definition) is 0. The number of epoxide rings is 1. The number of nitrogens with zero attached hydrogens (tertiary/aromatic N) is 2. The summed E-state index contributed by atoms with van der Waals surface area (Å²) in [4.78, 5) is 0. The zero-order valence-corrected chi connectivity index (χ0v) is 10.7. The summed E-state index contributed by atoms with van der Waals surface area (Å²) in [7, 11) is -3.23. The van der Waals surface area contributed by atoms with Crippen molar-refractivity contribution in [3.05, 3.63) is 0 Å². The van der Waals surface area contributed by atoms with Gasteiger partial charge in [0.05, 0.1) is 12.8 Å². The van der Waals surface area contributed by atoms with Crippen molar-refractivity contribution >= 4 is 10.0 Å². The van der Waals surface area contributed by atoms with Crippen LogP contribution in [-0.2, 0) is 14.8 Å². The summed E-state index contributed by atoms with van der Waals surface area (Å²) in [6.45, 7) is 0.723. The van der Waals surface area contributed by atoms with Crippen molar-refractivity contribution in [2.75, 3.05) is 19.3 Å². The molecule has 0 bridgehead atoms. The lowest BCUT2D eigenvalue weighted by atomic mass is 9.70. The molecule has 3 unspecified atom stereocenters. The molecule has 2 saturated heterocycles. The Balaban J connectivity index is 1.95. The highest BCUT2D eigenvalue weighted by Gasteiger charge is 2.77. The maximum Gasteiger partial charge on any atom is 0.211 e. The molecule has 6 heteroatoms. The second-order valence-electron chi connectivity index (χ2n) is 5.43. The van der Waals surface area contributed by atoms with Crippen LogP contribution in [0.2, 0.25) is 0 Å². The van der Waals surface area contributed by atoms with E-state index in [0.717, 1.165) is 25.7 Å². The normalized spacial score (nSPS) is 45.5. The number of nitriles is 1. The molecule has 5 nitrogen and oxygen atoms in total. The zero-order valence-electron chi connectivity index (χ0n) is 9.85. The van der Waals surface area contributed by atoms with Gasteiger partial charge >= 0.3 is 0 Å². The van der Waals surface area contributed by atoms with E-state index in [1.165, 1.54) is 10.6 Å². The lowest BCUT2D eigenvalue weighted by Gasteiger charge is -2.38. The van der Waals surface area contributed by atoms with Crippen LogP contribution in [0.1, 0.15) is 25.7 Å². The second kappa shape index (κ2) is 3.22. The van der Waals surface area contributed by atoms with Crippen LogP contribution in [0, 0.1) is 17.2 Å². The van der Waals surface area contributed by atoms with Gasteiger partial charge in [-0.3, -0.25) is 0 Å². The summed E-state index contributed by atoms with van der Waals surface area (Å²) >= 11 is 0. The molecule has 3 aliphatic rings. The van der Waals surface area contributed by atoms with Crippen molar-refractivity contribution in [3.63, 3.8) is 0 Å². The predicted molar refractivity (Wildman–Crippen MR) is 60.5 cm³/mol. The van der Waals surface area contributed by atoms with Gasteiger partial charge in [-0.2, -0.15) is 9.57 Å². The number of hydrogen-bond acceptors (Lipinski definition) is 4. The molecule has 17 heavy (non-hydrogen) atoms. The lowest BCUT2D eigenvalue weighted by molar-refractivity contribution is 0.138. The smallest absolute Gasteiger partial charge is 0.211 e. The standard InChI is InChI=1S/C11H16N2O3S/c1-17(14,15)13-6-9-4-2-3-5-11(9)10(7-12,8-13)16-11/h9H,2-6,8H2,1H3. The van der Waals surface area contributed by atoms with E-state index in [1.807, 2.05) is 0 Å². The molecule has 2 heterocycles. The summed E-state index contributed by atoms with van der Waals surface area (Å²) in [5.41, 5.74) is -1.19. The lowest BCUT2D eigenvalue weighted by Crippen LogP contribution is -2.54. The van der Waals surface area contributed by atoms with Crippen LogP contribution in [0.15, 0.2) is 0 Å². The van der Waals surface area contributed by atoms with Crippen LogP contribution in [-0.4, -0.2) is 43.3 Å². The molecule has 3 rings (SSSR count). The largest absolute Gasteiger partial charge is 0.345 e. The fourth-order valence-corrected chi connectivity index (χ4v) is 4.40. The van der Waals surface area contributed by atoms with Gasteiger partial charge in [0.15, 0.2) is 5.60 Å². The van der Waals surface area contributed by atoms with Gasteiger partial charge in [0.2, 0.25) is 10.0 Å². The van der Waals surface area contributed by atoms with E-state index in [4.69, 9.17) is 4.74 Å². The van der Waals surface area contributed by atoms with E-state index >= 15 is 0 Å². The Hall–Kier alpha value is -0.640. The van der Waals surface area contributed by atoms with Crippen LogP contribution < -0.4 is 0 Å². The maximum atomic E-state index is 11.6. The Morgan fingerprint density at radius 1 is 1.47 bits per heavy atom. The maximum absolute atomic E-state index is 11.6. The minimum Gasteiger partial charge on any atom is -0.345 e. The summed E-state index contributed by atoms with van der Waals surface area (Å²) in [6, 6.07) is 2.22. The molecule has 3 atom stereocenters. The Labute approximate surface area is 101 Å². The summed E-state index contributed by atoms with van der Waals surface area (Å²) in [6.07, 6.45) is 5.27. The number of rotatable bonds is 1. The highest BCUT2D eigenvalue weighted by molar-refractivity contribution is 7.88. The molecule has 1 spiro atoms. The molecule has 0 aromatic heterocycles. The Kier molecular flexibility index (Phi) is 2.17. The number of piperidine rings is 1. The van der Waals surface area contributed by atoms with Crippen LogP contribution in [0.3, 0.4) is 0 Å². The zero-order chi connectivity index (χ0) is 12.3. The van der Waals surface area contributed by atoms with Crippen molar-refractivity contribution in [1.29, 1.82) is 5.26 Å². The average Bonchev–Trinajstić information content (AvgIpc) is 2.93. The van der Waals surface area contributed by atoms with Crippen LogP contribution in [0.25, 0.3) is 0 Å². The molecule has 0 aromatic rings. The number of sulfonamides is 1. The molecule has 1 aliphatic carbocycles. The first-order valence-corrected chi connectivity index (χ1v) is 7.85. The van der Waals surface area contributed by atoms with E-state index in [-0.39, 0.29) is 18.1 Å². The van der Waals surface area contributed by atoms with Gasteiger partial charge in [-0.05, 0) is 12.8 Å². The van der Waals surface area contributed by atoms with Gasteiger partial charge < -0.3 is 4.74 Å². The highest BCUT2D eigenvalue weighted by Crippen LogP contribution is 2.61. The van der Waals surface area contributed by atoms with Crippen molar-refractivity contribution in [1.82, 2.24) is 4.31 Å². The molecule has 0 amide bonds. The third-order valence-corrected chi connectivity index (χ3v) is 5.70. The summed E-state index contributed by atoms with van der Waals surface area (Å²) in [5, 5.41) is 9.31. The van der Waals surface area contributed by atoms with E-state index in [9.17, 15) is 13.7 Å². The van der Waals surface area contributed by atoms with Gasteiger partial charge in [0, 0.05) is 12.5 Å². The van der Waals surface area contributed by atoms with Crippen molar-refractivity contribution in [2.24, 2.45) is 5.92 Å². The predicted octanol–water partition coefficient (Wildman–Crippen LogP) is 0.483. The molecular formula is C11H16N2O3S. The monoisotopic (exact) mass is 256 g/mol. The minimum absolute atomic E-state index is 0.194. The van der Waals surface area contributed by atoms with E-state index < -0.39 is 15.6 Å². The van der Waals surface area contributed by atoms with Gasteiger partial charge in [0.1, 0.15) is 11.7 Å². The Bertz CT molecular complexity index is 497. The molecular weight excluding hydrogens is 240 g/mol. The Morgan fingerprint density at radius 2 is 2.24 bits per heavy atom. The van der Waals surface area contributed by atoms with Gasteiger partial charge in [-0.15, -0.1) is 0 Å². The first kappa shape index (κ1) is 11.5. The van der Waals surface area contributed by atoms with E-state index in [2.05, 4.69) is 6.07 Å². The van der Waals surface area contributed by atoms with Gasteiger partial charge in [0.25, 0.3) is 0 Å². The van der Waals surface area contributed by atoms with Gasteiger partial charge in [-0.25, -0.2) is 8.42 Å². The van der Waals surface area contributed by atoms with Crippen LogP contribution >= 0.6 is 0 Å². The molecule has 1 saturated carbocycles. The van der Waals surface area contributed by atoms with E-state index in [0.29, 0.717) is 6.54 Å². The Morgan fingerprint density at radius 3 is 2.88 bits per heavy atom. The van der Waals surface area contributed by atoms with Crippen LogP contribution in [0.4, 0.5) is 0 Å². The molecule has 0 N–H and O–H groups in total. The molecule has 2 aliphatic heterocycles. The molecule has 0 aromatic carbocycles. The topological polar surface area (TPSA) is 73.7 Å². The fraction of sp³-hybridized carbons (Fsp3) is 0.909. The van der Waals surface area contributed by atoms with Crippen molar-refractivity contribution in [2.45, 2.75) is 36.9 Å². The quantitative estimate of drug-likeness (QED) is 0.640. The number of ether oxygens (including phenoxy) is 1. The first-order chi connectivity index (χ1) is 7.94. The molecule has 3 fully saturated rings. The first-order valence-electron chi connectivity index (χ1n) is 6.00. The van der Waals surface area contributed by atoms with Crippen LogP contribution in [0.5, 0.6) is 0 Å². The van der Waals surface area contributed by atoms with Gasteiger partial charge in [-0.1, -0.05) is 12.8 Å². The minimum atomic E-state index is -3.23. The third kappa shape index (κ3) is 1.39. The third-order valence-electron chi connectivity index (χ3n) is 4.48. The molecule has 0 radical (unpaired) electrons. The summed E-state index contributed by atoms with van der Waals surface area (Å²) in [5.74, 6) is 0.194. The SMILES string of the molecule is CS(=O)(=O)N1CC2CCCCC23OC3(C#N)C1. The average molecular weight is 256 g/mol. The highest BCUT2D eigenvalue weighted by atomic mass is 32.2.